The molecule has 0 heterocycles. The Bertz CT molecular complexity index is 414. The molecule has 3 aliphatic carbocycles. The molecular weight excluding hydrogens is 194 g/mol. The Hall–Kier alpha value is -0.920. The fourth-order valence-electron chi connectivity index (χ4n) is 3.25. The van der Waals surface area contributed by atoms with Gasteiger partial charge in [0.25, 0.3) is 0 Å². The van der Waals surface area contributed by atoms with Gasteiger partial charge in [0.2, 0.25) is 0 Å². The monoisotopic (exact) mass is 208 g/mol. The Morgan fingerprint density at radius 3 is 2.67 bits per heavy atom. The van der Waals surface area contributed by atoms with Gasteiger partial charge in [0.05, 0.1) is 0 Å². The highest BCUT2D eigenvalue weighted by Gasteiger charge is 2.48. The van der Waals surface area contributed by atoms with Gasteiger partial charge in [-0.2, -0.15) is 0 Å². The summed E-state index contributed by atoms with van der Waals surface area (Å²) < 4.78 is 27.0. The Morgan fingerprint density at radius 1 is 1.20 bits per heavy atom. The summed E-state index contributed by atoms with van der Waals surface area (Å²) in [4.78, 5) is 0. The molecule has 0 saturated heterocycles. The Labute approximate surface area is 88.4 Å². The van der Waals surface area contributed by atoms with Gasteiger partial charge in [-0.05, 0) is 24.3 Å². The first-order valence-electron chi connectivity index (χ1n) is 5.54. The Kier molecular flexibility index (Phi) is 1.74. The second-order valence-corrected chi connectivity index (χ2v) is 4.91. The van der Waals surface area contributed by atoms with Crippen molar-refractivity contribution >= 4 is 0 Å². The van der Waals surface area contributed by atoms with Gasteiger partial charge in [0, 0.05) is 5.92 Å². The third-order valence-corrected chi connectivity index (χ3v) is 4.30. The van der Waals surface area contributed by atoms with Gasteiger partial charge >= 0.3 is 0 Å². The van der Waals surface area contributed by atoms with Gasteiger partial charge in [-0.3, -0.25) is 0 Å². The van der Waals surface area contributed by atoms with Crippen molar-refractivity contribution in [1.29, 1.82) is 0 Å². The zero-order valence-electron chi connectivity index (χ0n) is 8.93. The molecule has 0 amide bonds. The number of rotatable bonds is 0. The molecule has 0 aromatic carbocycles. The molecule has 15 heavy (non-hydrogen) atoms. The number of halogens is 2. The van der Waals surface area contributed by atoms with Gasteiger partial charge in [0.15, 0.2) is 6.17 Å². The molecule has 0 radical (unpaired) electrons. The van der Waals surface area contributed by atoms with E-state index in [-0.39, 0.29) is 5.92 Å². The summed E-state index contributed by atoms with van der Waals surface area (Å²) in [5.74, 6) is 0.113. The second kappa shape index (κ2) is 2.81. The lowest BCUT2D eigenvalue weighted by Crippen LogP contribution is -2.30. The van der Waals surface area contributed by atoms with Gasteiger partial charge in [0.1, 0.15) is 5.83 Å². The van der Waals surface area contributed by atoms with E-state index in [1.807, 2.05) is 0 Å². The fourth-order valence-corrected chi connectivity index (χ4v) is 3.25. The summed E-state index contributed by atoms with van der Waals surface area (Å²) >= 11 is 0. The van der Waals surface area contributed by atoms with Crippen LogP contribution in [0.15, 0.2) is 34.7 Å². The van der Waals surface area contributed by atoms with Gasteiger partial charge < -0.3 is 0 Å². The molecule has 4 atom stereocenters. The molecule has 80 valence electrons. The highest BCUT2D eigenvalue weighted by atomic mass is 19.2. The minimum Gasteiger partial charge on any atom is -0.239 e. The predicted molar refractivity (Wildman–Crippen MR) is 55.6 cm³/mol. The van der Waals surface area contributed by atoms with E-state index in [9.17, 15) is 8.78 Å². The van der Waals surface area contributed by atoms with Gasteiger partial charge in [-0.1, -0.05) is 36.6 Å². The molecule has 0 spiro atoms. The quantitative estimate of drug-likeness (QED) is 0.532. The molecule has 3 rings (SSSR count). The topological polar surface area (TPSA) is 0 Å². The maximum Gasteiger partial charge on any atom is 0.162 e. The smallest absolute Gasteiger partial charge is 0.162 e. The molecule has 4 unspecified atom stereocenters. The number of alkyl halides is 1. The van der Waals surface area contributed by atoms with Crippen LogP contribution in [0.5, 0.6) is 0 Å². The van der Waals surface area contributed by atoms with E-state index in [0.29, 0.717) is 11.8 Å². The average Bonchev–Trinajstić information content (AvgIpc) is 2.59. The van der Waals surface area contributed by atoms with Gasteiger partial charge in [-0.25, -0.2) is 8.78 Å². The maximum absolute atomic E-state index is 13.8. The summed E-state index contributed by atoms with van der Waals surface area (Å²) in [6.45, 7) is 4.30. The van der Waals surface area contributed by atoms with Crippen LogP contribution in [-0.2, 0) is 0 Å². The van der Waals surface area contributed by atoms with Gasteiger partial charge in [-0.15, -0.1) is 0 Å². The lowest BCUT2D eigenvalue weighted by atomic mass is 9.68. The van der Waals surface area contributed by atoms with E-state index >= 15 is 0 Å². The summed E-state index contributed by atoms with van der Waals surface area (Å²) in [7, 11) is 0. The molecule has 0 nitrogen and oxygen atoms in total. The Balaban J connectivity index is 2.03. The highest BCUT2D eigenvalue weighted by Crippen LogP contribution is 2.57. The third kappa shape index (κ3) is 1.000. The van der Waals surface area contributed by atoms with E-state index < -0.39 is 12.0 Å². The molecular formula is C13H14F2. The van der Waals surface area contributed by atoms with Crippen LogP contribution in [0, 0.1) is 17.8 Å². The van der Waals surface area contributed by atoms with Crippen molar-refractivity contribution in [2.75, 3.05) is 0 Å². The van der Waals surface area contributed by atoms with Crippen molar-refractivity contribution in [3.63, 3.8) is 0 Å². The molecule has 0 aromatic heterocycles. The fraction of sp³-hybridized carbons (Fsp3) is 0.538. The summed E-state index contributed by atoms with van der Waals surface area (Å²) in [5, 5.41) is 0. The number of fused-ring (bicyclic) bond motifs is 2. The third-order valence-electron chi connectivity index (χ3n) is 4.30. The minimum atomic E-state index is -1.42. The first-order valence-corrected chi connectivity index (χ1v) is 5.54. The zero-order chi connectivity index (χ0) is 10.7. The van der Waals surface area contributed by atoms with Crippen LogP contribution in [0.1, 0.15) is 20.3 Å². The van der Waals surface area contributed by atoms with Crippen molar-refractivity contribution in [2.45, 2.75) is 26.4 Å². The molecule has 0 N–H and O–H groups in total. The van der Waals surface area contributed by atoms with Crippen LogP contribution in [0.4, 0.5) is 8.78 Å². The average molecular weight is 208 g/mol. The number of hydrogen-bond donors (Lipinski definition) is 0. The van der Waals surface area contributed by atoms with E-state index in [4.69, 9.17) is 0 Å². The maximum atomic E-state index is 13.8. The minimum absolute atomic E-state index is 0.267. The molecule has 0 bridgehead atoms. The van der Waals surface area contributed by atoms with Crippen LogP contribution < -0.4 is 0 Å². The van der Waals surface area contributed by atoms with E-state index in [1.165, 1.54) is 17.2 Å². The molecule has 0 aromatic rings. The van der Waals surface area contributed by atoms with Crippen molar-refractivity contribution in [3.8, 4) is 0 Å². The molecule has 0 fully saturated rings. The lowest BCUT2D eigenvalue weighted by molar-refractivity contribution is 0.255. The molecule has 0 saturated carbocycles. The number of allylic oxidation sites excluding steroid dienone is 6. The van der Waals surface area contributed by atoms with E-state index in [1.54, 1.807) is 6.08 Å². The van der Waals surface area contributed by atoms with Crippen LogP contribution >= 0.6 is 0 Å². The first kappa shape index (κ1) is 9.32. The molecule has 2 heteroatoms. The standard InChI is InChI=1S/C13H14F2/c1-6-7(2)11-9(6)5-8-3-4-10(14)13(15)12(8)11/h3-4,6-7,12-13H,5H2,1-2H3. The first-order chi connectivity index (χ1) is 7.11. The van der Waals surface area contributed by atoms with Crippen molar-refractivity contribution in [3.05, 3.63) is 34.7 Å². The second-order valence-electron chi connectivity index (χ2n) is 4.91. The normalized spacial score (nSPS) is 42.9. The Morgan fingerprint density at radius 2 is 1.93 bits per heavy atom. The van der Waals surface area contributed by atoms with Crippen molar-refractivity contribution in [1.82, 2.24) is 0 Å². The largest absolute Gasteiger partial charge is 0.239 e. The highest BCUT2D eigenvalue weighted by molar-refractivity contribution is 5.51. The van der Waals surface area contributed by atoms with E-state index in [2.05, 4.69) is 13.8 Å². The van der Waals surface area contributed by atoms with Crippen LogP contribution in [0.25, 0.3) is 0 Å². The molecule has 3 aliphatic rings. The van der Waals surface area contributed by atoms with Crippen LogP contribution in [0.3, 0.4) is 0 Å². The molecule has 0 aliphatic heterocycles. The zero-order valence-corrected chi connectivity index (χ0v) is 8.93. The summed E-state index contributed by atoms with van der Waals surface area (Å²) in [5.41, 5.74) is 3.62. The number of hydrogen-bond acceptors (Lipinski definition) is 0. The summed E-state index contributed by atoms with van der Waals surface area (Å²) in [6, 6.07) is 0. The lowest BCUT2D eigenvalue weighted by Gasteiger charge is -2.37. The van der Waals surface area contributed by atoms with Crippen LogP contribution in [-0.4, -0.2) is 6.17 Å². The van der Waals surface area contributed by atoms with Crippen LogP contribution in [0.2, 0.25) is 0 Å². The SMILES string of the molecule is CC1C2=C(C1C)C1C(=CC=C(F)C1F)C2. The van der Waals surface area contributed by atoms with Crippen molar-refractivity contribution in [2.24, 2.45) is 17.8 Å². The van der Waals surface area contributed by atoms with Crippen molar-refractivity contribution < 1.29 is 8.78 Å². The van der Waals surface area contributed by atoms with E-state index in [0.717, 1.165) is 12.0 Å². The predicted octanol–water partition coefficient (Wildman–Crippen LogP) is 3.72. The summed E-state index contributed by atoms with van der Waals surface area (Å²) in [6.07, 6.45) is 2.51.